The maximum absolute atomic E-state index is 14.2. The number of halogens is 1. The van der Waals surface area contributed by atoms with Crippen molar-refractivity contribution in [2.75, 3.05) is 13.1 Å². The van der Waals surface area contributed by atoms with Gasteiger partial charge in [0, 0.05) is 65.9 Å². The van der Waals surface area contributed by atoms with Gasteiger partial charge in [0.25, 0.3) is 0 Å². The second-order valence-corrected chi connectivity index (χ2v) is 21.0. The van der Waals surface area contributed by atoms with Crippen molar-refractivity contribution in [3.8, 4) is 0 Å². The van der Waals surface area contributed by atoms with Crippen molar-refractivity contribution >= 4 is 75.7 Å². The molecule has 0 saturated carbocycles. The van der Waals surface area contributed by atoms with E-state index in [9.17, 15) is 43.2 Å². The van der Waals surface area contributed by atoms with Crippen LogP contribution in [-0.2, 0) is 68.8 Å². The number of primary amides is 2. The molecule has 430 valence electrons. The molecule has 0 unspecified atom stereocenters. The van der Waals surface area contributed by atoms with Gasteiger partial charge in [-0.1, -0.05) is 100.0 Å². The van der Waals surface area contributed by atoms with Gasteiger partial charge in [0.05, 0.1) is 25.0 Å². The number of aromatic amines is 2. The number of fused-ring (bicyclic) bond motifs is 1. The Morgan fingerprint density at radius 3 is 1.91 bits per heavy atom. The molecule has 2 aromatic heterocycles. The molecule has 0 aliphatic rings. The number of para-hydroxylation sites is 1. The Bertz CT molecular complexity index is 2880. The summed E-state index contributed by atoms with van der Waals surface area (Å²) < 4.78 is 0. The van der Waals surface area contributed by atoms with Crippen LogP contribution in [0.4, 0.5) is 0 Å². The minimum absolute atomic E-state index is 0.00473. The molecule has 3 aromatic carbocycles. The summed E-state index contributed by atoms with van der Waals surface area (Å²) in [6, 6.07) is 14.7. The monoisotopic (exact) mass is 1120 g/mol. The van der Waals surface area contributed by atoms with E-state index in [0.29, 0.717) is 22.7 Å². The molecule has 23 nitrogen and oxygen atoms in total. The van der Waals surface area contributed by atoms with E-state index in [-0.39, 0.29) is 51.0 Å². The number of aromatic nitrogens is 3. The summed E-state index contributed by atoms with van der Waals surface area (Å²) >= 11 is 6.04. The van der Waals surface area contributed by atoms with Crippen LogP contribution in [0.3, 0.4) is 0 Å². The van der Waals surface area contributed by atoms with Crippen LogP contribution in [0.5, 0.6) is 0 Å². The third-order valence-corrected chi connectivity index (χ3v) is 13.4. The van der Waals surface area contributed by atoms with Crippen LogP contribution in [-0.4, -0.2) is 130 Å². The van der Waals surface area contributed by atoms with Gasteiger partial charge in [-0.05, 0) is 79.3 Å². The third kappa shape index (κ3) is 20.3. The number of imidazole rings is 1. The molecule has 5 rings (SSSR count). The first-order valence-corrected chi connectivity index (χ1v) is 26.9. The molecular weight excluding hydrogens is 1050 g/mol. The predicted molar refractivity (Wildman–Crippen MR) is 302 cm³/mol. The van der Waals surface area contributed by atoms with Crippen molar-refractivity contribution in [3.05, 3.63) is 125 Å². The van der Waals surface area contributed by atoms with Crippen molar-refractivity contribution in [2.24, 2.45) is 29.0 Å². The summed E-state index contributed by atoms with van der Waals surface area (Å²) in [6.07, 6.45) is 4.99. The average molecular weight is 1120 g/mol. The van der Waals surface area contributed by atoms with Crippen LogP contribution in [0.2, 0.25) is 5.02 Å². The molecule has 0 saturated heterocycles. The number of amides is 9. The molecule has 0 spiro atoms. The Labute approximate surface area is 469 Å². The number of hydrogen-bond donors (Lipinski definition) is 13. The second kappa shape index (κ2) is 30.9. The van der Waals surface area contributed by atoms with Gasteiger partial charge in [0.1, 0.15) is 30.2 Å². The van der Waals surface area contributed by atoms with Gasteiger partial charge < -0.3 is 69.7 Å². The average Bonchev–Trinajstić information content (AvgIpc) is 4.09. The lowest BCUT2D eigenvalue weighted by molar-refractivity contribution is -0.135. The maximum Gasteiger partial charge on any atom is 0.243 e. The van der Waals surface area contributed by atoms with E-state index in [1.807, 2.05) is 38.1 Å². The zero-order valence-electron chi connectivity index (χ0n) is 45.6. The van der Waals surface area contributed by atoms with E-state index < -0.39 is 114 Å². The van der Waals surface area contributed by atoms with Crippen LogP contribution in [0.15, 0.2) is 97.6 Å². The Kier molecular flexibility index (Phi) is 24.2. The van der Waals surface area contributed by atoms with Gasteiger partial charge in [-0.2, -0.15) is 0 Å². The fourth-order valence-electron chi connectivity index (χ4n) is 8.82. The normalized spacial score (nSPS) is 14.3. The number of benzene rings is 3. The summed E-state index contributed by atoms with van der Waals surface area (Å²) in [4.78, 5) is 131. The van der Waals surface area contributed by atoms with Crippen molar-refractivity contribution < 1.29 is 43.2 Å². The lowest BCUT2D eigenvalue weighted by Gasteiger charge is -2.27. The largest absolute Gasteiger partial charge is 0.370 e. The molecule has 8 atom stereocenters. The summed E-state index contributed by atoms with van der Waals surface area (Å²) in [5.74, 6) is -6.79. The smallest absolute Gasteiger partial charge is 0.243 e. The summed E-state index contributed by atoms with van der Waals surface area (Å²) in [6.45, 7) is 8.25. The zero-order chi connectivity index (χ0) is 58.5. The number of carbonyl (C=O) groups is 9. The molecule has 0 fully saturated rings. The SMILES string of the molecule is CC(C)C[C@@H](CN[C@@H](Cc1ccc(Cl)cc1)C(N)=O)NC(=O)[C@H](Cc1cnc[nH]1)NC(=O)CNC(=O)[C@@H](NC(=O)[C@H](C)NC(=O)[C@H](Cc1c[nH]c2ccccc12)NC(=O)[C@H](CCC(N)=O)NC(=O)[C@H](N)Cc1ccccc1)C(C)C. The zero-order valence-corrected chi connectivity index (χ0v) is 46.4. The first kappa shape index (κ1) is 62.7. The Morgan fingerprint density at radius 1 is 0.625 bits per heavy atom. The topological polar surface area (TPSA) is 372 Å². The molecule has 24 heteroatoms. The molecular formula is C56H75ClN14O9. The summed E-state index contributed by atoms with van der Waals surface area (Å²) in [5, 5.41) is 23.3. The number of H-pyrrole nitrogens is 2. The van der Waals surface area contributed by atoms with E-state index in [2.05, 4.69) is 57.5 Å². The van der Waals surface area contributed by atoms with Gasteiger partial charge in [0.15, 0.2) is 0 Å². The van der Waals surface area contributed by atoms with Crippen molar-refractivity contribution in [1.82, 2.24) is 57.5 Å². The summed E-state index contributed by atoms with van der Waals surface area (Å²) in [5.41, 5.74) is 21.0. The number of nitrogens with zero attached hydrogens (tertiary/aromatic N) is 1. The van der Waals surface area contributed by atoms with Gasteiger partial charge in [-0.25, -0.2) is 4.98 Å². The molecule has 5 aromatic rings. The molecule has 0 aliphatic carbocycles. The first-order valence-electron chi connectivity index (χ1n) is 26.5. The van der Waals surface area contributed by atoms with Crippen LogP contribution in [0.1, 0.15) is 76.3 Å². The molecule has 0 bridgehead atoms. The lowest BCUT2D eigenvalue weighted by Crippen LogP contribution is -2.59. The van der Waals surface area contributed by atoms with E-state index in [1.54, 1.807) is 74.6 Å². The van der Waals surface area contributed by atoms with Crippen LogP contribution in [0.25, 0.3) is 10.9 Å². The second-order valence-electron chi connectivity index (χ2n) is 20.6. The quantitative estimate of drug-likeness (QED) is 0.0282. The molecule has 2 heterocycles. The number of hydrogen-bond acceptors (Lipinski definition) is 12. The van der Waals surface area contributed by atoms with Gasteiger partial charge >= 0.3 is 0 Å². The van der Waals surface area contributed by atoms with Crippen molar-refractivity contribution in [1.29, 1.82) is 0 Å². The molecule has 0 radical (unpaired) electrons. The minimum Gasteiger partial charge on any atom is -0.370 e. The Hall–Kier alpha value is -8.15. The van der Waals surface area contributed by atoms with Gasteiger partial charge in [0.2, 0.25) is 53.2 Å². The maximum atomic E-state index is 14.2. The lowest BCUT2D eigenvalue weighted by atomic mass is 10.0. The van der Waals surface area contributed by atoms with E-state index in [4.69, 9.17) is 28.8 Å². The fourth-order valence-corrected chi connectivity index (χ4v) is 8.94. The Balaban J connectivity index is 1.23. The standard InChI is InChI=1S/C56H75ClN14O9/c1-31(2)21-39(28-63-44(50(60)74)23-35-15-17-37(57)18-16-35)67-55(79)46(25-38-27-61-30-65-38)68-48(73)29-64-56(80)49(32(3)4)71-51(75)33(5)66-54(78)45(24-36-26-62-42-14-10-9-13-40(36)42)70-53(77)43(19-20-47(59)72)69-52(76)41(58)22-34-11-7-6-8-12-34/h6-18,26-27,30-33,39,41,43-46,49,62-63H,19-25,28-29,58H2,1-5H3,(H2,59,72)(H2,60,74)(H,61,65)(H,64,80)(H,66,78)(H,67,79)(H,68,73)(H,69,76)(H,70,77)(H,71,75)/t33-,39-,41+,43-,44-,45-,46-,49-/m0/s1. The van der Waals surface area contributed by atoms with E-state index >= 15 is 0 Å². The number of nitrogens with one attached hydrogen (secondary N) is 10. The minimum atomic E-state index is -1.34. The summed E-state index contributed by atoms with van der Waals surface area (Å²) in [7, 11) is 0. The highest BCUT2D eigenvalue weighted by atomic mass is 35.5. The number of carbonyl (C=O) groups excluding carboxylic acids is 9. The van der Waals surface area contributed by atoms with Crippen molar-refractivity contribution in [3.63, 3.8) is 0 Å². The van der Waals surface area contributed by atoms with Gasteiger partial charge in [-0.15, -0.1) is 0 Å². The Morgan fingerprint density at radius 2 is 1.26 bits per heavy atom. The molecule has 9 amide bonds. The van der Waals surface area contributed by atoms with E-state index in [1.165, 1.54) is 19.4 Å². The molecule has 16 N–H and O–H groups in total. The first-order chi connectivity index (χ1) is 38.1. The molecule has 80 heavy (non-hydrogen) atoms. The van der Waals surface area contributed by atoms with Crippen LogP contribution in [0, 0.1) is 11.8 Å². The highest BCUT2D eigenvalue weighted by Crippen LogP contribution is 2.20. The molecule has 0 aliphatic heterocycles. The van der Waals surface area contributed by atoms with E-state index in [0.717, 1.165) is 22.0 Å². The number of nitrogens with two attached hydrogens (primary N) is 3. The predicted octanol–water partition coefficient (Wildman–Crippen LogP) is 0.598. The highest BCUT2D eigenvalue weighted by molar-refractivity contribution is 6.30. The third-order valence-electron chi connectivity index (χ3n) is 13.1. The fraction of sp³-hybridized carbons (Fsp3) is 0.429. The highest BCUT2D eigenvalue weighted by Gasteiger charge is 2.33. The van der Waals surface area contributed by atoms with Crippen molar-refractivity contribution in [2.45, 2.75) is 128 Å². The van der Waals surface area contributed by atoms with Crippen LogP contribution < -0.4 is 59.7 Å². The number of rotatable bonds is 32. The van der Waals surface area contributed by atoms with Gasteiger partial charge in [-0.3, -0.25) is 43.2 Å². The van der Waals surface area contributed by atoms with Crippen LogP contribution >= 0.6 is 11.6 Å².